The number of nitrogens with zero attached hydrogens (tertiary/aromatic N) is 1. The number of aromatic nitrogens is 1. The van der Waals surface area contributed by atoms with Crippen molar-refractivity contribution in [1.29, 1.82) is 0 Å². The Morgan fingerprint density at radius 2 is 1.75 bits per heavy atom. The number of halogens is 4. The van der Waals surface area contributed by atoms with E-state index < -0.39 is 17.6 Å². The van der Waals surface area contributed by atoms with Crippen LogP contribution in [0.3, 0.4) is 0 Å². The lowest BCUT2D eigenvalue weighted by Crippen LogP contribution is -2.08. The van der Waals surface area contributed by atoms with Gasteiger partial charge >= 0.3 is 6.18 Å². The summed E-state index contributed by atoms with van der Waals surface area (Å²) >= 11 is 1.27. The van der Waals surface area contributed by atoms with Gasteiger partial charge in [0, 0.05) is 5.56 Å². The third kappa shape index (κ3) is 2.27. The lowest BCUT2D eigenvalue weighted by Gasteiger charge is -2.08. The molecule has 20 heavy (non-hydrogen) atoms. The van der Waals surface area contributed by atoms with E-state index in [4.69, 9.17) is 0 Å². The molecule has 2 aromatic carbocycles. The van der Waals surface area contributed by atoms with Gasteiger partial charge in [-0.05, 0) is 30.3 Å². The van der Waals surface area contributed by atoms with Gasteiger partial charge in [-0.2, -0.15) is 13.2 Å². The highest BCUT2D eigenvalue weighted by Crippen LogP contribution is 2.36. The minimum Gasteiger partial charge on any atom is -0.236 e. The van der Waals surface area contributed by atoms with Crippen LogP contribution in [-0.2, 0) is 6.18 Å². The van der Waals surface area contributed by atoms with Crippen molar-refractivity contribution in [2.75, 3.05) is 0 Å². The van der Waals surface area contributed by atoms with E-state index in [0.717, 1.165) is 16.8 Å². The molecule has 0 aliphatic rings. The van der Waals surface area contributed by atoms with Crippen LogP contribution < -0.4 is 0 Å². The molecule has 0 aliphatic carbocycles. The molecule has 0 fully saturated rings. The average molecular weight is 297 g/mol. The van der Waals surface area contributed by atoms with E-state index in [9.17, 15) is 17.6 Å². The summed E-state index contributed by atoms with van der Waals surface area (Å²) in [5, 5.41) is 0.441. The van der Waals surface area contributed by atoms with Gasteiger partial charge in [0.05, 0.1) is 15.8 Å². The average Bonchev–Trinajstić information content (AvgIpc) is 2.81. The molecular formula is C14H7F4NS. The smallest absolute Gasteiger partial charge is 0.236 e. The molecule has 0 N–H and O–H groups in total. The fourth-order valence-electron chi connectivity index (χ4n) is 1.87. The van der Waals surface area contributed by atoms with E-state index in [0.29, 0.717) is 10.5 Å². The Morgan fingerprint density at radius 1 is 1.00 bits per heavy atom. The van der Waals surface area contributed by atoms with Crippen molar-refractivity contribution in [2.45, 2.75) is 6.18 Å². The van der Waals surface area contributed by atoms with Gasteiger partial charge in [0.2, 0.25) is 0 Å². The first-order chi connectivity index (χ1) is 9.45. The molecule has 1 nitrogen and oxygen atoms in total. The molecular weight excluding hydrogens is 290 g/mol. The Labute approximate surface area is 115 Å². The number of thiazole rings is 1. The van der Waals surface area contributed by atoms with Gasteiger partial charge in [-0.3, -0.25) is 0 Å². The largest absolute Gasteiger partial charge is 0.419 e. The van der Waals surface area contributed by atoms with E-state index in [1.54, 1.807) is 12.1 Å². The quantitative estimate of drug-likeness (QED) is 0.568. The third-order valence-electron chi connectivity index (χ3n) is 2.81. The van der Waals surface area contributed by atoms with Crippen LogP contribution in [0.5, 0.6) is 0 Å². The standard InChI is InChI=1S/C14H7F4NS/c15-10-6-5-8(7-9(10)14(16,17)18)13-19-11-3-1-2-4-12(11)20-13/h1-7H. The minimum atomic E-state index is -4.71. The summed E-state index contributed by atoms with van der Waals surface area (Å²) in [7, 11) is 0. The molecule has 3 rings (SSSR count). The van der Waals surface area contributed by atoms with Crippen molar-refractivity contribution in [3.05, 3.63) is 53.8 Å². The number of fused-ring (bicyclic) bond motifs is 1. The summed E-state index contributed by atoms with van der Waals surface area (Å²) < 4.78 is 52.2. The molecule has 1 aromatic heterocycles. The summed E-state index contributed by atoms with van der Waals surface area (Å²) in [5.74, 6) is -1.28. The molecule has 102 valence electrons. The number of hydrogen-bond acceptors (Lipinski definition) is 2. The summed E-state index contributed by atoms with van der Waals surface area (Å²) in [6.45, 7) is 0. The van der Waals surface area contributed by atoms with Crippen LogP contribution in [0.4, 0.5) is 17.6 Å². The van der Waals surface area contributed by atoms with Crippen LogP contribution in [-0.4, -0.2) is 4.98 Å². The predicted octanol–water partition coefficient (Wildman–Crippen LogP) is 5.12. The molecule has 0 atom stereocenters. The predicted molar refractivity (Wildman–Crippen MR) is 70.0 cm³/mol. The van der Waals surface area contributed by atoms with Gasteiger partial charge in [0.1, 0.15) is 10.8 Å². The summed E-state index contributed by atoms with van der Waals surface area (Å²) in [5.41, 5.74) is -0.292. The highest BCUT2D eigenvalue weighted by Gasteiger charge is 2.34. The Kier molecular flexibility index (Phi) is 2.97. The molecule has 0 radical (unpaired) electrons. The summed E-state index contributed by atoms with van der Waals surface area (Å²) in [6.07, 6.45) is -4.71. The summed E-state index contributed by atoms with van der Waals surface area (Å²) in [4.78, 5) is 4.26. The minimum absolute atomic E-state index is 0.264. The fourth-order valence-corrected chi connectivity index (χ4v) is 2.83. The van der Waals surface area contributed by atoms with Crippen molar-refractivity contribution in [1.82, 2.24) is 4.98 Å². The highest BCUT2D eigenvalue weighted by molar-refractivity contribution is 7.21. The molecule has 0 saturated carbocycles. The van der Waals surface area contributed by atoms with Crippen molar-refractivity contribution < 1.29 is 17.6 Å². The molecule has 0 amide bonds. The van der Waals surface area contributed by atoms with E-state index >= 15 is 0 Å². The van der Waals surface area contributed by atoms with E-state index in [1.165, 1.54) is 17.4 Å². The third-order valence-corrected chi connectivity index (χ3v) is 3.90. The second-order valence-electron chi connectivity index (χ2n) is 4.18. The Balaban J connectivity index is 2.14. The molecule has 0 saturated heterocycles. The lowest BCUT2D eigenvalue weighted by atomic mass is 10.1. The maximum Gasteiger partial charge on any atom is 0.419 e. The fraction of sp³-hybridized carbons (Fsp3) is 0.0714. The molecule has 3 aromatic rings. The van der Waals surface area contributed by atoms with Gasteiger partial charge in [-0.1, -0.05) is 12.1 Å². The zero-order valence-electron chi connectivity index (χ0n) is 9.91. The highest BCUT2D eigenvalue weighted by atomic mass is 32.1. The van der Waals surface area contributed by atoms with Crippen molar-refractivity contribution >= 4 is 21.6 Å². The van der Waals surface area contributed by atoms with Gasteiger partial charge in [0.25, 0.3) is 0 Å². The van der Waals surface area contributed by atoms with Crippen LogP contribution in [0.25, 0.3) is 20.8 Å². The second-order valence-corrected chi connectivity index (χ2v) is 5.21. The van der Waals surface area contributed by atoms with Gasteiger partial charge in [-0.15, -0.1) is 11.3 Å². The normalized spacial score (nSPS) is 12.0. The molecule has 0 spiro atoms. The first-order valence-corrected chi connectivity index (χ1v) is 6.49. The monoisotopic (exact) mass is 297 g/mol. The molecule has 6 heteroatoms. The summed E-state index contributed by atoms with van der Waals surface area (Å²) in [6, 6.07) is 10.2. The molecule has 0 bridgehead atoms. The number of benzene rings is 2. The second kappa shape index (κ2) is 4.56. The molecule has 0 aliphatic heterocycles. The van der Waals surface area contributed by atoms with Gasteiger partial charge < -0.3 is 0 Å². The lowest BCUT2D eigenvalue weighted by molar-refractivity contribution is -0.139. The number of alkyl halides is 3. The number of hydrogen-bond donors (Lipinski definition) is 0. The van der Waals surface area contributed by atoms with Crippen molar-refractivity contribution in [2.24, 2.45) is 0 Å². The zero-order chi connectivity index (χ0) is 14.3. The topological polar surface area (TPSA) is 12.9 Å². The van der Waals surface area contributed by atoms with Crippen molar-refractivity contribution in [3.63, 3.8) is 0 Å². The molecule has 0 unspecified atom stereocenters. The van der Waals surface area contributed by atoms with E-state index in [-0.39, 0.29) is 5.56 Å². The Hall–Kier alpha value is -1.95. The zero-order valence-corrected chi connectivity index (χ0v) is 10.7. The maximum absolute atomic E-state index is 13.2. The van der Waals surface area contributed by atoms with Crippen LogP contribution in [0.1, 0.15) is 5.56 Å². The van der Waals surface area contributed by atoms with E-state index in [1.807, 2.05) is 12.1 Å². The Morgan fingerprint density at radius 3 is 2.45 bits per heavy atom. The van der Waals surface area contributed by atoms with Gasteiger partial charge in [-0.25, -0.2) is 9.37 Å². The Bertz CT molecular complexity index is 743. The van der Waals surface area contributed by atoms with Crippen LogP contribution in [0.2, 0.25) is 0 Å². The van der Waals surface area contributed by atoms with Crippen molar-refractivity contribution in [3.8, 4) is 10.6 Å². The first-order valence-electron chi connectivity index (χ1n) is 5.68. The van der Waals surface area contributed by atoms with Crippen LogP contribution >= 0.6 is 11.3 Å². The molecule has 1 heterocycles. The number of para-hydroxylation sites is 1. The SMILES string of the molecule is Fc1ccc(-c2nc3ccccc3s2)cc1C(F)(F)F. The number of rotatable bonds is 1. The van der Waals surface area contributed by atoms with Gasteiger partial charge in [0.15, 0.2) is 0 Å². The van der Waals surface area contributed by atoms with Crippen LogP contribution in [0, 0.1) is 5.82 Å². The van der Waals surface area contributed by atoms with Crippen LogP contribution in [0.15, 0.2) is 42.5 Å². The first kappa shape index (κ1) is 13.1. The maximum atomic E-state index is 13.2. The van der Waals surface area contributed by atoms with E-state index in [2.05, 4.69) is 4.98 Å².